The lowest BCUT2D eigenvalue weighted by Gasteiger charge is -2.13. The Morgan fingerprint density at radius 1 is 1.16 bits per heavy atom. The second kappa shape index (κ2) is 5.13. The van der Waals surface area contributed by atoms with Crippen molar-refractivity contribution in [1.29, 1.82) is 0 Å². The zero-order valence-corrected chi connectivity index (χ0v) is 9.78. The fourth-order valence-corrected chi connectivity index (χ4v) is 1.74. The maximum Gasteiger partial charge on any atom is 0.244 e. The molecule has 0 saturated carbocycles. The Kier molecular flexibility index (Phi) is 3.55. The highest BCUT2D eigenvalue weighted by molar-refractivity contribution is 6.06. The molecule has 0 aromatic heterocycles. The third-order valence-electron chi connectivity index (χ3n) is 2.68. The van der Waals surface area contributed by atoms with Crippen molar-refractivity contribution >= 4 is 23.4 Å². The molecular weight excluding hydrogens is 258 g/mol. The lowest BCUT2D eigenvalue weighted by atomic mass is 10.3. The summed E-state index contributed by atoms with van der Waals surface area (Å²) in [5.41, 5.74) is -0.591. The van der Waals surface area contributed by atoms with Crippen LogP contribution in [-0.2, 0) is 14.4 Å². The first kappa shape index (κ1) is 13.1. The minimum absolute atomic E-state index is 0.0557. The highest BCUT2D eigenvalue weighted by Crippen LogP contribution is 2.18. The van der Waals surface area contributed by atoms with Gasteiger partial charge in [0.2, 0.25) is 17.7 Å². The minimum atomic E-state index is -0.924. The first-order chi connectivity index (χ1) is 8.99. The Morgan fingerprint density at radius 3 is 2.21 bits per heavy atom. The summed E-state index contributed by atoms with van der Waals surface area (Å²) in [6, 6.07) is 3.14. The maximum absolute atomic E-state index is 13.3. The van der Waals surface area contributed by atoms with Crippen LogP contribution in [0.15, 0.2) is 18.2 Å². The Labute approximate surface area is 107 Å². The number of likely N-dealkylation sites (tertiary alicyclic amines) is 1. The van der Waals surface area contributed by atoms with Crippen LogP contribution in [0.3, 0.4) is 0 Å². The predicted octanol–water partition coefficient (Wildman–Crippen LogP) is 1.05. The van der Waals surface area contributed by atoms with Crippen molar-refractivity contribution in [1.82, 2.24) is 4.90 Å². The standard InChI is InChI=1S/C12H10F2N2O3/c13-7-2-1-3-8(14)12(7)15-9(17)6-16-10(18)4-5-11(16)19/h1-3H,4-6H2,(H,15,17). The molecule has 1 aromatic rings. The van der Waals surface area contributed by atoms with Gasteiger partial charge in [-0.2, -0.15) is 0 Å². The molecule has 1 heterocycles. The van der Waals surface area contributed by atoms with E-state index in [4.69, 9.17) is 0 Å². The highest BCUT2D eigenvalue weighted by Gasteiger charge is 2.30. The molecule has 0 aliphatic carbocycles. The number of nitrogens with zero attached hydrogens (tertiary/aromatic N) is 1. The van der Waals surface area contributed by atoms with E-state index in [0.717, 1.165) is 23.1 Å². The molecule has 1 aliphatic heterocycles. The number of para-hydroxylation sites is 1. The van der Waals surface area contributed by atoms with Gasteiger partial charge in [-0.25, -0.2) is 8.78 Å². The van der Waals surface area contributed by atoms with Crippen LogP contribution in [-0.4, -0.2) is 29.2 Å². The molecule has 2 rings (SSSR count). The molecule has 5 nitrogen and oxygen atoms in total. The van der Waals surface area contributed by atoms with E-state index in [-0.39, 0.29) is 12.8 Å². The molecule has 3 amide bonds. The van der Waals surface area contributed by atoms with Gasteiger partial charge < -0.3 is 5.32 Å². The lowest BCUT2D eigenvalue weighted by Crippen LogP contribution is -2.37. The molecular formula is C12H10F2N2O3. The van der Waals surface area contributed by atoms with E-state index in [2.05, 4.69) is 0 Å². The molecule has 100 valence electrons. The van der Waals surface area contributed by atoms with Gasteiger partial charge in [-0.3, -0.25) is 19.3 Å². The first-order valence-electron chi connectivity index (χ1n) is 5.56. The van der Waals surface area contributed by atoms with Crippen molar-refractivity contribution in [2.75, 3.05) is 11.9 Å². The van der Waals surface area contributed by atoms with Gasteiger partial charge >= 0.3 is 0 Å². The molecule has 1 N–H and O–H groups in total. The van der Waals surface area contributed by atoms with Crippen molar-refractivity contribution in [3.63, 3.8) is 0 Å². The Hall–Kier alpha value is -2.31. The summed E-state index contributed by atoms with van der Waals surface area (Å²) < 4.78 is 26.6. The Balaban J connectivity index is 2.06. The zero-order chi connectivity index (χ0) is 14.0. The molecule has 1 saturated heterocycles. The van der Waals surface area contributed by atoms with Gasteiger partial charge in [-0.05, 0) is 12.1 Å². The zero-order valence-electron chi connectivity index (χ0n) is 9.78. The van der Waals surface area contributed by atoms with Gasteiger partial charge in [0.1, 0.15) is 23.9 Å². The first-order valence-corrected chi connectivity index (χ1v) is 5.56. The highest BCUT2D eigenvalue weighted by atomic mass is 19.1. The van der Waals surface area contributed by atoms with Crippen molar-refractivity contribution in [2.24, 2.45) is 0 Å². The fourth-order valence-electron chi connectivity index (χ4n) is 1.74. The summed E-state index contributed by atoms with van der Waals surface area (Å²) in [5, 5.41) is 2.01. The Morgan fingerprint density at radius 2 is 1.68 bits per heavy atom. The lowest BCUT2D eigenvalue weighted by molar-refractivity contribution is -0.141. The average Bonchev–Trinajstić information content (AvgIpc) is 2.66. The van der Waals surface area contributed by atoms with E-state index < -0.39 is 41.6 Å². The largest absolute Gasteiger partial charge is 0.320 e. The summed E-state index contributed by atoms with van der Waals surface area (Å²) >= 11 is 0. The van der Waals surface area contributed by atoms with Gasteiger partial charge in [0.15, 0.2) is 0 Å². The van der Waals surface area contributed by atoms with Gasteiger partial charge in [0.05, 0.1) is 0 Å². The van der Waals surface area contributed by atoms with Gasteiger partial charge in [0, 0.05) is 12.8 Å². The monoisotopic (exact) mass is 268 g/mol. The third-order valence-corrected chi connectivity index (χ3v) is 2.68. The van der Waals surface area contributed by atoms with Gasteiger partial charge in [-0.1, -0.05) is 6.07 Å². The normalized spacial score (nSPS) is 14.9. The number of anilines is 1. The number of carbonyl (C=O) groups is 3. The summed E-state index contributed by atoms with van der Waals surface area (Å²) in [4.78, 5) is 34.9. The molecule has 0 atom stereocenters. The topological polar surface area (TPSA) is 66.5 Å². The number of hydrogen-bond donors (Lipinski definition) is 1. The van der Waals surface area contributed by atoms with Crippen molar-refractivity contribution in [3.05, 3.63) is 29.8 Å². The van der Waals surface area contributed by atoms with E-state index in [1.165, 1.54) is 0 Å². The molecule has 1 aliphatic rings. The smallest absolute Gasteiger partial charge is 0.244 e. The number of rotatable bonds is 3. The minimum Gasteiger partial charge on any atom is -0.320 e. The molecule has 0 unspecified atom stereocenters. The third kappa shape index (κ3) is 2.75. The van der Waals surface area contributed by atoms with E-state index in [1.54, 1.807) is 0 Å². The maximum atomic E-state index is 13.3. The number of nitrogens with one attached hydrogen (secondary N) is 1. The SMILES string of the molecule is O=C(CN1C(=O)CCC1=O)Nc1c(F)cccc1F. The van der Waals surface area contributed by atoms with Crippen molar-refractivity contribution in [2.45, 2.75) is 12.8 Å². The molecule has 1 fully saturated rings. The second-order valence-electron chi connectivity index (χ2n) is 4.02. The number of benzene rings is 1. The number of amides is 3. The summed E-state index contributed by atoms with van der Waals surface area (Å²) in [6.45, 7) is -0.536. The molecule has 7 heteroatoms. The quantitative estimate of drug-likeness (QED) is 0.833. The van der Waals surface area contributed by atoms with Crippen molar-refractivity contribution in [3.8, 4) is 0 Å². The number of imide groups is 1. The number of halogens is 2. The molecule has 1 aromatic carbocycles. The summed E-state index contributed by atoms with van der Waals surface area (Å²) in [6.07, 6.45) is 0.111. The van der Waals surface area contributed by atoms with E-state index in [0.29, 0.717) is 0 Å². The van der Waals surface area contributed by atoms with Crippen LogP contribution in [0, 0.1) is 11.6 Å². The van der Waals surface area contributed by atoms with E-state index in [9.17, 15) is 23.2 Å². The molecule has 0 spiro atoms. The van der Waals surface area contributed by atoms with Crippen LogP contribution in [0.1, 0.15) is 12.8 Å². The van der Waals surface area contributed by atoms with Crippen LogP contribution >= 0.6 is 0 Å². The Bertz CT molecular complexity index is 524. The van der Waals surface area contributed by atoms with Gasteiger partial charge in [-0.15, -0.1) is 0 Å². The molecule has 0 bridgehead atoms. The van der Waals surface area contributed by atoms with Crippen LogP contribution in [0.25, 0.3) is 0 Å². The fraction of sp³-hybridized carbons (Fsp3) is 0.250. The number of hydrogen-bond acceptors (Lipinski definition) is 3. The predicted molar refractivity (Wildman–Crippen MR) is 60.9 cm³/mol. The summed E-state index contributed by atoms with van der Waals surface area (Å²) in [5.74, 6) is -3.60. The van der Waals surface area contributed by atoms with E-state index in [1.807, 2.05) is 5.32 Å². The second-order valence-corrected chi connectivity index (χ2v) is 4.02. The van der Waals surface area contributed by atoms with E-state index >= 15 is 0 Å². The van der Waals surface area contributed by atoms with Gasteiger partial charge in [0.25, 0.3) is 0 Å². The molecule has 0 radical (unpaired) electrons. The van der Waals surface area contributed by atoms with Crippen LogP contribution in [0.4, 0.5) is 14.5 Å². The van der Waals surface area contributed by atoms with Crippen LogP contribution in [0.2, 0.25) is 0 Å². The average molecular weight is 268 g/mol. The number of carbonyl (C=O) groups excluding carboxylic acids is 3. The molecule has 19 heavy (non-hydrogen) atoms. The van der Waals surface area contributed by atoms with Crippen LogP contribution in [0.5, 0.6) is 0 Å². The van der Waals surface area contributed by atoms with Crippen molar-refractivity contribution < 1.29 is 23.2 Å². The van der Waals surface area contributed by atoms with Crippen LogP contribution < -0.4 is 5.32 Å². The summed E-state index contributed by atoms with van der Waals surface area (Å²) in [7, 11) is 0.